The van der Waals surface area contributed by atoms with Crippen LogP contribution in [0.25, 0.3) is 0 Å². The van der Waals surface area contributed by atoms with E-state index in [1.807, 2.05) is 6.92 Å². The van der Waals surface area contributed by atoms with Crippen LogP contribution in [0.3, 0.4) is 0 Å². The van der Waals surface area contributed by atoms with E-state index in [4.69, 9.17) is 4.74 Å². The largest absolute Gasteiger partial charge is 0.465 e. The molecule has 0 aromatic rings. The third-order valence-electron chi connectivity index (χ3n) is 3.93. The van der Waals surface area contributed by atoms with Crippen LogP contribution in [0, 0.1) is 5.92 Å². The van der Waals surface area contributed by atoms with Gasteiger partial charge in [-0.15, -0.1) is 0 Å². The fraction of sp³-hybridized carbons (Fsp3) is 0.929. The molecule has 1 aliphatic carbocycles. The topological polar surface area (TPSA) is 38.3 Å². The molecular weight excluding hydrogens is 214 g/mol. The van der Waals surface area contributed by atoms with Crippen molar-refractivity contribution in [2.75, 3.05) is 6.61 Å². The van der Waals surface area contributed by atoms with Gasteiger partial charge in [0, 0.05) is 6.04 Å². The minimum Gasteiger partial charge on any atom is -0.465 e. The lowest BCUT2D eigenvalue weighted by Crippen LogP contribution is -2.57. The first-order chi connectivity index (χ1) is 8.04. The second-order valence-corrected chi connectivity index (χ2v) is 5.44. The molecule has 1 N–H and O–H groups in total. The van der Waals surface area contributed by atoms with Gasteiger partial charge in [0.05, 0.1) is 6.61 Å². The smallest absolute Gasteiger partial charge is 0.326 e. The van der Waals surface area contributed by atoms with E-state index >= 15 is 0 Å². The maximum absolute atomic E-state index is 12.2. The summed E-state index contributed by atoms with van der Waals surface area (Å²) in [5.74, 6) is 0.684. The zero-order chi connectivity index (χ0) is 12.9. The van der Waals surface area contributed by atoms with Gasteiger partial charge in [0.25, 0.3) is 0 Å². The van der Waals surface area contributed by atoms with Crippen LogP contribution < -0.4 is 5.32 Å². The predicted molar refractivity (Wildman–Crippen MR) is 69.9 cm³/mol. The van der Waals surface area contributed by atoms with E-state index in [1.165, 1.54) is 0 Å². The average Bonchev–Trinajstić information content (AvgIpc) is 2.32. The highest BCUT2D eigenvalue weighted by Crippen LogP contribution is 2.33. The minimum atomic E-state index is -0.419. The van der Waals surface area contributed by atoms with Crippen molar-refractivity contribution in [3.05, 3.63) is 0 Å². The normalized spacial score (nSPS) is 30.9. The summed E-state index contributed by atoms with van der Waals surface area (Å²) in [4.78, 5) is 12.2. The van der Waals surface area contributed by atoms with Crippen molar-refractivity contribution in [3.63, 3.8) is 0 Å². The fourth-order valence-corrected chi connectivity index (χ4v) is 2.51. The van der Waals surface area contributed by atoms with Crippen molar-refractivity contribution in [2.24, 2.45) is 5.92 Å². The van der Waals surface area contributed by atoms with E-state index in [1.54, 1.807) is 0 Å². The Bertz CT molecular complexity index is 245. The highest BCUT2D eigenvalue weighted by Gasteiger charge is 2.42. The Morgan fingerprint density at radius 1 is 1.41 bits per heavy atom. The van der Waals surface area contributed by atoms with Gasteiger partial charge in [0.15, 0.2) is 0 Å². The standard InChI is InChI=1S/C14H27NO2/c1-5-12(4)15-14(13(16)17-6-2)9-7-11(3)8-10-14/h11-12,15H,5-10H2,1-4H3. The molecule has 1 aliphatic rings. The van der Waals surface area contributed by atoms with Crippen molar-refractivity contribution in [1.82, 2.24) is 5.32 Å². The molecule has 1 fully saturated rings. The Morgan fingerprint density at radius 2 is 2.00 bits per heavy atom. The molecule has 0 aromatic heterocycles. The van der Waals surface area contributed by atoms with Gasteiger partial charge >= 0.3 is 5.97 Å². The lowest BCUT2D eigenvalue weighted by atomic mass is 9.76. The van der Waals surface area contributed by atoms with E-state index in [9.17, 15) is 4.79 Å². The van der Waals surface area contributed by atoms with Crippen LogP contribution in [0.15, 0.2) is 0 Å². The zero-order valence-corrected chi connectivity index (χ0v) is 11.7. The summed E-state index contributed by atoms with van der Waals surface area (Å²) in [5.41, 5.74) is -0.419. The molecule has 0 saturated heterocycles. The Balaban J connectivity index is 2.73. The summed E-state index contributed by atoms with van der Waals surface area (Å²) in [6.07, 6.45) is 5.09. The van der Waals surface area contributed by atoms with E-state index in [0.717, 1.165) is 38.0 Å². The van der Waals surface area contributed by atoms with Crippen molar-refractivity contribution < 1.29 is 9.53 Å². The number of esters is 1. The molecule has 0 heterocycles. The first-order valence-electron chi connectivity index (χ1n) is 6.99. The Hall–Kier alpha value is -0.570. The highest BCUT2D eigenvalue weighted by molar-refractivity contribution is 5.81. The van der Waals surface area contributed by atoms with Crippen LogP contribution in [-0.4, -0.2) is 24.2 Å². The molecule has 0 aliphatic heterocycles. The second kappa shape index (κ2) is 6.39. The third-order valence-corrected chi connectivity index (χ3v) is 3.93. The Morgan fingerprint density at radius 3 is 2.47 bits per heavy atom. The molecule has 0 aromatic carbocycles. The number of hydrogen-bond acceptors (Lipinski definition) is 3. The van der Waals surface area contributed by atoms with Crippen molar-refractivity contribution in [2.45, 2.75) is 71.4 Å². The number of carbonyl (C=O) groups is 1. The van der Waals surface area contributed by atoms with Crippen LogP contribution in [0.4, 0.5) is 0 Å². The molecule has 0 spiro atoms. The lowest BCUT2D eigenvalue weighted by Gasteiger charge is -2.39. The zero-order valence-electron chi connectivity index (χ0n) is 11.7. The fourth-order valence-electron chi connectivity index (χ4n) is 2.51. The molecule has 0 amide bonds. The van der Waals surface area contributed by atoms with Crippen LogP contribution in [0.1, 0.15) is 59.8 Å². The SMILES string of the molecule is CCOC(=O)C1(NC(C)CC)CCC(C)CC1. The van der Waals surface area contributed by atoms with E-state index < -0.39 is 5.54 Å². The van der Waals surface area contributed by atoms with Gasteiger partial charge in [-0.2, -0.15) is 0 Å². The number of nitrogens with one attached hydrogen (secondary N) is 1. The summed E-state index contributed by atoms with van der Waals surface area (Å²) in [7, 11) is 0. The van der Waals surface area contributed by atoms with Gasteiger partial charge in [-0.25, -0.2) is 0 Å². The molecule has 3 heteroatoms. The number of carbonyl (C=O) groups excluding carboxylic acids is 1. The number of rotatable bonds is 5. The summed E-state index contributed by atoms with van der Waals surface area (Å²) < 4.78 is 5.26. The van der Waals surface area contributed by atoms with Gasteiger partial charge in [-0.05, 0) is 51.9 Å². The summed E-state index contributed by atoms with van der Waals surface area (Å²) in [5, 5.41) is 3.51. The number of hydrogen-bond donors (Lipinski definition) is 1. The molecule has 1 rings (SSSR count). The molecule has 0 radical (unpaired) electrons. The van der Waals surface area contributed by atoms with Crippen LogP contribution in [-0.2, 0) is 9.53 Å². The van der Waals surface area contributed by atoms with Gasteiger partial charge in [-0.1, -0.05) is 13.8 Å². The molecule has 0 bridgehead atoms. The maximum atomic E-state index is 12.2. The van der Waals surface area contributed by atoms with Gasteiger partial charge in [0.2, 0.25) is 0 Å². The van der Waals surface area contributed by atoms with Gasteiger partial charge in [0.1, 0.15) is 5.54 Å². The summed E-state index contributed by atoms with van der Waals surface area (Å²) >= 11 is 0. The number of ether oxygens (including phenoxy) is 1. The monoisotopic (exact) mass is 241 g/mol. The van der Waals surface area contributed by atoms with Crippen molar-refractivity contribution in [1.29, 1.82) is 0 Å². The molecule has 17 heavy (non-hydrogen) atoms. The van der Waals surface area contributed by atoms with Gasteiger partial charge in [-0.3, -0.25) is 10.1 Å². The summed E-state index contributed by atoms with van der Waals surface area (Å²) in [6.45, 7) is 8.89. The third kappa shape index (κ3) is 3.70. The first kappa shape index (κ1) is 14.5. The van der Waals surface area contributed by atoms with Crippen LogP contribution in [0.5, 0.6) is 0 Å². The maximum Gasteiger partial charge on any atom is 0.326 e. The second-order valence-electron chi connectivity index (χ2n) is 5.44. The predicted octanol–water partition coefficient (Wildman–Crippen LogP) is 2.89. The Kier molecular flexibility index (Phi) is 5.44. The first-order valence-corrected chi connectivity index (χ1v) is 6.99. The van der Waals surface area contributed by atoms with E-state index in [-0.39, 0.29) is 5.97 Å². The molecule has 1 unspecified atom stereocenters. The van der Waals surface area contributed by atoms with E-state index in [0.29, 0.717) is 12.6 Å². The van der Waals surface area contributed by atoms with Crippen LogP contribution >= 0.6 is 0 Å². The summed E-state index contributed by atoms with van der Waals surface area (Å²) in [6, 6.07) is 0.368. The highest BCUT2D eigenvalue weighted by atomic mass is 16.5. The average molecular weight is 241 g/mol. The Labute approximate surface area is 105 Å². The molecule has 100 valence electrons. The quantitative estimate of drug-likeness (QED) is 0.752. The van der Waals surface area contributed by atoms with Gasteiger partial charge < -0.3 is 4.74 Å². The molecular formula is C14H27NO2. The molecule has 3 nitrogen and oxygen atoms in total. The van der Waals surface area contributed by atoms with Crippen molar-refractivity contribution in [3.8, 4) is 0 Å². The molecule has 1 atom stereocenters. The molecule has 1 saturated carbocycles. The lowest BCUT2D eigenvalue weighted by molar-refractivity contribution is -0.153. The van der Waals surface area contributed by atoms with Crippen molar-refractivity contribution >= 4 is 5.97 Å². The minimum absolute atomic E-state index is 0.0489. The van der Waals surface area contributed by atoms with E-state index in [2.05, 4.69) is 26.1 Å². The van der Waals surface area contributed by atoms with Crippen LogP contribution in [0.2, 0.25) is 0 Å².